The van der Waals surface area contributed by atoms with Crippen LogP contribution in [0.25, 0.3) is 0 Å². The van der Waals surface area contributed by atoms with Crippen LogP contribution in [0, 0.1) is 6.92 Å². The highest BCUT2D eigenvalue weighted by Crippen LogP contribution is 2.15. The van der Waals surface area contributed by atoms with E-state index in [-0.39, 0.29) is 6.54 Å². The third-order valence-corrected chi connectivity index (χ3v) is 1.84. The van der Waals surface area contributed by atoms with E-state index < -0.39 is 12.2 Å². The van der Waals surface area contributed by atoms with Crippen molar-refractivity contribution < 1.29 is 14.6 Å². The van der Waals surface area contributed by atoms with Crippen LogP contribution in [0.1, 0.15) is 12.5 Å². The number of nitrogens with one attached hydrogen (secondary N) is 1. The summed E-state index contributed by atoms with van der Waals surface area (Å²) in [5.41, 5.74) is 0.893. The van der Waals surface area contributed by atoms with E-state index >= 15 is 0 Å². The van der Waals surface area contributed by atoms with Gasteiger partial charge in [-0.1, -0.05) is 18.2 Å². The van der Waals surface area contributed by atoms with Crippen molar-refractivity contribution in [2.24, 2.45) is 0 Å². The second kappa shape index (κ2) is 5.36. The van der Waals surface area contributed by atoms with Crippen LogP contribution in [0.4, 0.5) is 4.79 Å². The standard InChI is InChI=1S/C11H15NO3/c1-8-5-3-4-6-10(8)15-11(14)12-7-9(2)13/h3-6,9,13H,7H2,1-2H3,(H,12,14). The fourth-order valence-electron chi connectivity index (χ4n) is 1.04. The molecule has 0 saturated carbocycles. The molecule has 4 heteroatoms. The average Bonchev–Trinajstić information content (AvgIpc) is 2.18. The first-order valence-corrected chi connectivity index (χ1v) is 4.79. The predicted molar refractivity (Wildman–Crippen MR) is 56.9 cm³/mol. The van der Waals surface area contributed by atoms with Crippen LogP contribution in [0.5, 0.6) is 5.75 Å². The summed E-state index contributed by atoms with van der Waals surface area (Å²) in [5, 5.41) is 11.4. The van der Waals surface area contributed by atoms with Crippen molar-refractivity contribution in [2.75, 3.05) is 6.54 Å². The molecule has 1 amide bonds. The Bertz CT molecular complexity index is 336. The number of carbonyl (C=O) groups excluding carboxylic acids is 1. The second-order valence-corrected chi connectivity index (χ2v) is 3.38. The number of benzene rings is 1. The Balaban J connectivity index is 2.48. The Morgan fingerprint density at radius 1 is 1.53 bits per heavy atom. The van der Waals surface area contributed by atoms with Gasteiger partial charge in [0, 0.05) is 6.54 Å². The normalized spacial score (nSPS) is 11.9. The van der Waals surface area contributed by atoms with E-state index in [1.807, 2.05) is 19.1 Å². The zero-order chi connectivity index (χ0) is 11.3. The number of amides is 1. The number of rotatable bonds is 3. The molecule has 1 unspecified atom stereocenters. The molecule has 2 N–H and O–H groups in total. The second-order valence-electron chi connectivity index (χ2n) is 3.38. The fraction of sp³-hybridized carbons (Fsp3) is 0.364. The van der Waals surface area contributed by atoms with Gasteiger partial charge in [-0.05, 0) is 25.5 Å². The maximum Gasteiger partial charge on any atom is 0.412 e. The minimum absolute atomic E-state index is 0.185. The summed E-state index contributed by atoms with van der Waals surface area (Å²) >= 11 is 0. The minimum atomic E-state index is -0.575. The molecule has 0 spiro atoms. The Labute approximate surface area is 88.9 Å². The molecule has 1 atom stereocenters. The number of aliphatic hydroxyl groups excluding tert-OH is 1. The summed E-state index contributed by atoms with van der Waals surface area (Å²) in [6.45, 7) is 3.63. The summed E-state index contributed by atoms with van der Waals surface area (Å²) in [7, 11) is 0. The monoisotopic (exact) mass is 209 g/mol. The summed E-state index contributed by atoms with van der Waals surface area (Å²) in [6, 6.07) is 7.24. The van der Waals surface area contributed by atoms with Crippen molar-refractivity contribution in [1.82, 2.24) is 5.32 Å². The molecule has 0 aliphatic carbocycles. The van der Waals surface area contributed by atoms with Crippen LogP contribution in [-0.2, 0) is 0 Å². The zero-order valence-corrected chi connectivity index (χ0v) is 8.86. The van der Waals surface area contributed by atoms with E-state index in [4.69, 9.17) is 9.84 Å². The van der Waals surface area contributed by atoms with Gasteiger partial charge in [0.2, 0.25) is 0 Å². The third-order valence-electron chi connectivity index (χ3n) is 1.84. The molecule has 1 aromatic carbocycles. The lowest BCUT2D eigenvalue weighted by molar-refractivity contribution is 0.172. The molecule has 0 bridgehead atoms. The number of hydrogen-bond acceptors (Lipinski definition) is 3. The molecule has 0 heterocycles. The predicted octanol–water partition coefficient (Wildman–Crippen LogP) is 1.46. The summed E-state index contributed by atoms with van der Waals surface area (Å²) in [6.07, 6.45) is -1.13. The van der Waals surface area contributed by atoms with E-state index in [0.29, 0.717) is 5.75 Å². The lowest BCUT2D eigenvalue weighted by Crippen LogP contribution is -2.32. The maximum absolute atomic E-state index is 11.2. The molecule has 0 aliphatic heterocycles. The van der Waals surface area contributed by atoms with E-state index in [2.05, 4.69) is 5.32 Å². The number of aryl methyl sites for hydroxylation is 1. The van der Waals surface area contributed by atoms with Gasteiger partial charge in [0.15, 0.2) is 0 Å². The molecule has 0 radical (unpaired) electrons. The highest BCUT2D eigenvalue weighted by molar-refractivity contribution is 5.70. The smallest absolute Gasteiger partial charge is 0.410 e. The van der Waals surface area contributed by atoms with Crippen LogP contribution < -0.4 is 10.1 Å². The van der Waals surface area contributed by atoms with Gasteiger partial charge < -0.3 is 15.2 Å². The van der Waals surface area contributed by atoms with Gasteiger partial charge in [-0.3, -0.25) is 0 Å². The van der Waals surface area contributed by atoms with Gasteiger partial charge in [-0.25, -0.2) is 4.79 Å². The van der Waals surface area contributed by atoms with E-state index in [0.717, 1.165) is 5.56 Å². The number of hydrogen-bond donors (Lipinski definition) is 2. The SMILES string of the molecule is Cc1ccccc1OC(=O)NCC(C)O. The van der Waals surface area contributed by atoms with Crippen LogP contribution in [0.15, 0.2) is 24.3 Å². The van der Waals surface area contributed by atoms with E-state index in [9.17, 15) is 4.79 Å². The Morgan fingerprint density at radius 3 is 2.80 bits per heavy atom. The van der Waals surface area contributed by atoms with E-state index in [1.54, 1.807) is 19.1 Å². The number of ether oxygens (including phenoxy) is 1. The van der Waals surface area contributed by atoms with Crippen LogP contribution >= 0.6 is 0 Å². The zero-order valence-electron chi connectivity index (χ0n) is 8.86. The Kier molecular flexibility index (Phi) is 4.12. The van der Waals surface area contributed by atoms with E-state index in [1.165, 1.54) is 0 Å². The van der Waals surface area contributed by atoms with Crippen LogP contribution in [0.3, 0.4) is 0 Å². The summed E-state index contributed by atoms with van der Waals surface area (Å²) in [4.78, 5) is 11.2. The molecule has 0 fully saturated rings. The molecular weight excluding hydrogens is 194 g/mol. The molecule has 0 aromatic heterocycles. The number of aliphatic hydroxyl groups is 1. The highest BCUT2D eigenvalue weighted by Gasteiger charge is 2.06. The minimum Gasteiger partial charge on any atom is -0.410 e. The molecule has 82 valence electrons. The Hall–Kier alpha value is -1.55. The average molecular weight is 209 g/mol. The quantitative estimate of drug-likeness (QED) is 0.792. The third kappa shape index (κ3) is 3.99. The topological polar surface area (TPSA) is 58.6 Å². The van der Waals surface area contributed by atoms with Crippen molar-refractivity contribution >= 4 is 6.09 Å². The molecule has 1 rings (SSSR count). The van der Waals surface area contributed by atoms with Crippen molar-refractivity contribution in [1.29, 1.82) is 0 Å². The summed E-state index contributed by atoms with van der Waals surface area (Å²) in [5.74, 6) is 0.528. The first-order valence-electron chi connectivity index (χ1n) is 4.79. The van der Waals surface area contributed by atoms with Crippen molar-refractivity contribution in [3.05, 3.63) is 29.8 Å². The van der Waals surface area contributed by atoms with Crippen LogP contribution in [0.2, 0.25) is 0 Å². The largest absolute Gasteiger partial charge is 0.412 e. The van der Waals surface area contributed by atoms with Gasteiger partial charge in [-0.15, -0.1) is 0 Å². The molecule has 0 aliphatic rings. The van der Waals surface area contributed by atoms with Crippen molar-refractivity contribution in [3.8, 4) is 5.75 Å². The van der Waals surface area contributed by atoms with Crippen molar-refractivity contribution in [3.63, 3.8) is 0 Å². The van der Waals surface area contributed by atoms with Gasteiger partial charge >= 0.3 is 6.09 Å². The molecule has 4 nitrogen and oxygen atoms in total. The van der Waals surface area contributed by atoms with Gasteiger partial charge in [-0.2, -0.15) is 0 Å². The first kappa shape index (κ1) is 11.5. The highest BCUT2D eigenvalue weighted by atomic mass is 16.6. The lowest BCUT2D eigenvalue weighted by atomic mass is 10.2. The molecular formula is C11H15NO3. The molecule has 0 saturated heterocycles. The van der Waals surface area contributed by atoms with Crippen LogP contribution in [-0.4, -0.2) is 23.8 Å². The Morgan fingerprint density at radius 2 is 2.20 bits per heavy atom. The lowest BCUT2D eigenvalue weighted by Gasteiger charge is -2.09. The number of para-hydroxylation sites is 1. The first-order chi connectivity index (χ1) is 7.09. The number of carbonyl (C=O) groups is 1. The maximum atomic E-state index is 11.2. The van der Waals surface area contributed by atoms with Gasteiger partial charge in [0.25, 0.3) is 0 Å². The summed E-state index contributed by atoms with van der Waals surface area (Å²) < 4.78 is 5.03. The molecule has 15 heavy (non-hydrogen) atoms. The van der Waals surface area contributed by atoms with Gasteiger partial charge in [0.05, 0.1) is 6.10 Å². The fourth-order valence-corrected chi connectivity index (χ4v) is 1.04. The van der Waals surface area contributed by atoms with Crippen molar-refractivity contribution in [2.45, 2.75) is 20.0 Å². The molecule has 1 aromatic rings. The van der Waals surface area contributed by atoms with Gasteiger partial charge in [0.1, 0.15) is 5.75 Å².